The lowest BCUT2D eigenvalue weighted by Crippen LogP contribution is -3.27. The highest BCUT2D eigenvalue weighted by molar-refractivity contribution is 5.13. The minimum absolute atomic E-state index is 0.889. The minimum atomic E-state index is 0.889. The molecule has 4 rings (SSSR count). The Kier molecular flexibility index (Phi) is 0.934. The van der Waals surface area contributed by atoms with Crippen LogP contribution in [0, 0.1) is 17.8 Å². The average Bonchev–Trinajstić information content (AvgIpc) is 2.60. The number of nitrogens with one attached hydrogen (secondary N) is 1. The number of hydrogen-bond donors (Lipinski definition) is 1. The molecule has 2 aliphatic heterocycles. The smallest absolute Gasteiger partial charge is 0.112 e. The van der Waals surface area contributed by atoms with Gasteiger partial charge in [0, 0.05) is 18.3 Å². The predicted octanol–water partition coefficient (Wildman–Crippen LogP) is 0.464. The maximum absolute atomic E-state index is 2.03. The van der Waals surface area contributed by atoms with Gasteiger partial charge in [0.15, 0.2) is 0 Å². The normalized spacial score (nSPS) is 66.0. The molecule has 0 radical (unpaired) electrons. The van der Waals surface area contributed by atoms with E-state index in [2.05, 4.69) is 0 Å². The number of rotatable bonds is 0. The highest BCUT2D eigenvalue weighted by Crippen LogP contribution is 2.57. The van der Waals surface area contributed by atoms with Crippen molar-refractivity contribution in [2.45, 2.75) is 37.6 Å². The maximum atomic E-state index is 2.03. The summed E-state index contributed by atoms with van der Waals surface area (Å²) in [5.41, 5.74) is 0.889. The second kappa shape index (κ2) is 1.75. The molecular weight excluding hydrogens is 146 g/mol. The fourth-order valence-electron chi connectivity index (χ4n) is 5.43. The van der Waals surface area contributed by atoms with E-state index in [9.17, 15) is 0 Å². The van der Waals surface area contributed by atoms with Crippen molar-refractivity contribution in [2.24, 2.45) is 17.8 Å². The van der Waals surface area contributed by atoms with Crippen LogP contribution in [0.2, 0.25) is 0 Å². The number of quaternary nitrogens is 1. The summed E-state index contributed by atoms with van der Waals surface area (Å²) in [6, 6.07) is 0. The summed E-state index contributed by atoms with van der Waals surface area (Å²) in [5.74, 6) is 3.50. The van der Waals surface area contributed by atoms with Gasteiger partial charge in [-0.3, -0.25) is 0 Å². The van der Waals surface area contributed by atoms with E-state index in [-0.39, 0.29) is 0 Å². The molecule has 0 amide bonds. The van der Waals surface area contributed by atoms with Crippen LogP contribution in [0.5, 0.6) is 0 Å². The van der Waals surface area contributed by atoms with E-state index in [1.165, 1.54) is 24.3 Å². The molecule has 0 aromatic rings. The fraction of sp³-hybridized carbons (Fsp3) is 1.00. The van der Waals surface area contributed by atoms with Crippen LogP contribution in [0.25, 0.3) is 0 Å². The van der Waals surface area contributed by atoms with E-state index in [1.807, 2.05) is 4.90 Å². The van der Waals surface area contributed by atoms with Crippen LogP contribution in [0.1, 0.15) is 32.1 Å². The first-order valence-corrected chi connectivity index (χ1v) is 5.77. The van der Waals surface area contributed by atoms with Gasteiger partial charge >= 0.3 is 0 Å². The van der Waals surface area contributed by atoms with Gasteiger partial charge in [0.05, 0.1) is 19.0 Å². The van der Waals surface area contributed by atoms with Crippen molar-refractivity contribution in [3.63, 3.8) is 0 Å². The molecule has 12 heavy (non-hydrogen) atoms. The molecule has 1 spiro atoms. The Morgan fingerprint density at radius 2 is 1.50 bits per heavy atom. The van der Waals surface area contributed by atoms with Gasteiger partial charge in [0.25, 0.3) is 0 Å². The van der Waals surface area contributed by atoms with E-state index < -0.39 is 0 Å². The van der Waals surface area contributed by atoms with Crippen molar-refractivity contribution in [1.82, 2.24) is 0 Å². The predicted molar refractivity (Wildman–Crippen MR) is 47.0 cm³/mol. The molecule has 2 heterocycles. The number of hydrogen-bond acceptors (Lipinski definition) is 0. The molecule has 1 N–H and O–H groups in total. The third kappa shape index (κ3) is 0.433. The van der Waals surface area contributed by atoms with Gasteiger partial charge in [-0.25, -0.2) is 0 Å². The topological polar surface area (TPSA) is 4.44 Å². The molecule has 2 saturated heterocycles. The average molecular weight is 164 g/mol. The Morgan fingerprint density at radius 3 is 2.33 bits per heavy atom. The lowest BCUT2D eigenvalue weighted by Gasteiger charge is -2.50. The summed E-state index contributed by atoms with van der Waals surface area (Å²) < 4.78 is 0. The van der Waals surface area contributed by atoms with E-state index in [0.717, 1.165) is 5.54 Å². The van der Waals surface area contributed by atoms with Crippen LogP contribution >= 0.6 is 0 Å². The summed E-state index contributed by atoms with van der Waals surface area (Å²) in [6.07, 6.45) is 7.92. The van der Waals surface area contributed by atoms with Gasteiger partial charge in [-0.15, -0.1) is 0 Å². The third-order valence-corrected chi connectivity index (χ3v) is 5.65. The first kappa shape index (κ1) is 6.42. The zero-order valence-corrected chi connectivity index (χ0v) is 7.68. The van der Waals surface area contributed by atoms with Crippen LogP contribution in [0.4, 0.5) is 0 Å². The molecule has 4 fully saturated rings. The summed E-state index contributed by atoms with van der Waals surface area (Å²) in [4.78, 5) is 2.03. The summed E-state index contributed by atoms with van der Waals surface area (Å²) in [5, 5.41) is 0. The van der Waals surface area contributed by atoms with E-state index in [1.54, 1.807) is 38.6 Å². The Bertz CT molecular complexity index is 207. The molecule has 0 bridgehead atoms. The molecule has 2 saturated carbocycles. The second-order valence-electron chi connectivity index (χ2n) is 5.52. The molecule has 1 unspecified atom stereocenters. The first-order chi connectivity index (χ1) is 5.92. The van der Waals surface area contributed by atoms with Gasteiger partial charge in [-0.1, -0.05) is 0 Å². The van der Waals surface area contributed by atoms with E-state index in [0.29, 0.717) is 0 Å². The Labute approximate surface area is 74.1 Å². The summed E-state index contributed by atoms with van der Waals surface area (Å²) in [7, 11) is 0. The van der Waals surface area contributed by atoms with Gasteiger partial charge < -0.3 is 4.90 Å². The van der Waals surface area contributed by atoms with Gasteiger partial charge in [-0.05, 0) is 25.7 Å². The molecule has 0 aromatic carbocycles. The van der Waals surface area contributed by atoms with Crippen molar-refractivity contribution in [3.05, 3.63) is 0 Å². The maximum Gasteiger partial charge on any atom is 0.112 e. The molecule has 1 nitrogen and oxygen atoms in total. The van der Waals surface area contributed by atoms with E-state index in [4.69, 9.17) is 0 Å². The standard InChI is InChI=1S/C11H17N/c1-2-9-5-6-12-7-10-4-3-8(1)11(9,10)12/h8-10H,1-7H2/p+1/t8-,9-,10+,11-/m1/s1. The summed E-state index contributed by atoms with van der Waals surface area (Å²) >= 11 is 0. The molecule has 1 heteroatoms. The Morgan fingerprint density at radius 1 is 0.833 bits per heavy atom. The van der Waals surface area contributed by atoms with Crippen LogP contribution in [-0.2, 0) is 0 Å². The van der Waals surface area contributed by atoms with Crippen LogP contribution in [0.3, 0.4) is 0 Å². The zero-order chi connectivity index (χ0) is 7.76. The highest BCUT2D eigenvalue weighted by Gasteiger charge is 2.73. The largest absolute Gasteiger partial charge is 0.329 e. The van der Waals surface area contributed by atoms with Gasteiger partial charge in [0.2, 0.25) is 0 Å². The van der Waals surface area contributed by atoms with Crippen molar-refractivity contribution in [3.8, 4) is 0 Å². The molecular formula is C11H18N+. The van der Waals surface area contributed by atoms with Crippen molar-refractivity contribution in [2.75, 3.05) is 13.1 Å². The molecule has 5 atom stereocenters. The molecule has 66 valence electrons. The van der Waals surface area contributed by atoms with Crippen molar-refractivity contribution in [1.29, 1.82) is 0 Å². The van der Waals surface area contributed by atoms with Crippen molar-refractivity contribution >= 4 is 0 Å². The molecule has 4 aliphatic rings. The van der Waals surface area contributed by atoms with Gasteiger partial charge in [-0.2, -0.15) is 0 Å². The SMILES string of the molecule is C1C[C@@H]2CC[NH+]3C[C@@H]4CC[C@@H]1[C@@]243. The van der Waals surface area contributed by atoms with Crippen LogP contribution in [-0.4, -0.2) is 18.6 Å². The molecule has 0 aromatic heterocycles. The zero-order valence-electron chi connectivity index (χ0n) is 7.68. The quantitative estimate of drug-likeness (QED) is 0.530. The Balaban J connectivity index is 1.87. The van der Waals surface area contributed by atoms with Gasteiger partial charge in [0.1, 0.15) is 5.54 Å². The molecule has 2 aliphatic carbocycles. The van der Waals surface area contributed by atoms with Crippen molar-refractivity contribution < 1.29 is 4.90 Å². The highest BCUT2D eigenvalue weighted by atomic mass is 15.3. The Hall–Kier alpha value is -0.0400. The first-order valence-electron chi connectivity index (χ1n) is 5.77. The second-order valence-corrected chi connectivity index (χ2v) is 5.52. The lowest BCUT2D eigenvalue weighted by molar-refractivity contribution is -0.998. The van der Waals surface area contributed by atoms with Crippen LogP contribution < -0.4 is 4.90 Å². The third-order valence-electron chi connectivity index (χ3n) is 5.65. The monoisotopic (exact) mass is 164 g/mol. The fourth-order valence-corrected chi connectivity index (χ4v) is 5.43. The van der Waals surface area contributed by atoms with Crippen LogP contribution in [0.15, 0.2) is 0 Å². The van der Waals surface area contributed by atoms with E-state index >= 15 is 0 Å². The minimum Gasteiger partial charge on any atom is -0.329 e. The lowest BCUT2D eigenvalue weighted by atomic mass is 9.71. The summed E-state index contributed by atoms with van der Waals surface area (Å²) in [6.45, 7) is 3.07.